The molecule has 0 atom stereocenters. The van der Waals surface area contributed by atoms with E-state index < -0.39 is 17.7 Å². The Morgan fingerprint density at radius 2 is 2.18 bits per heavy atom. The number of nitrogens with one attached hydrogen (secondary N) is 1. The molecule has 1 aromatic rings. The van der Waals surface area contributed by atoms with Crippen molar-refractivity contribution < 1.29 is 14.4 Å². The Balaban J connectivity index is 2.32. The number of hydrogen-bond donors (Lipinski definition) is 3. The van der Waals surface area contributed by atoms with E-state index in [9.17, 15) is 14.4 Å². The summed E-state index contributed by atoms with van der Waals surface area (Å²) in [7, 11) is 0. The molecule has 0 aromatic carbocycles. The van der Waals surface area contributed by atoms with Crippen molar-refractivity contribution in [2.24, 2.45) is 5.73 Å². The first-order valence-corrected chi connectivity index (χ1v) is 4.96. The quantitative estimate of drug-likeness (QED) is 0.531. The molecular formula is C9H11N5O3. The highest BCUT2D eigenvalue weighted by Crippen LogP contribution is 2.20. The molecule has 2 heterocycles. The first kappa shape index (κ1) is 11.1. The van der Waals surface area contributed by atoms with Crippen molar-refractivity contribution in [3.05, 3.63) is 11.3 Å². The van der Waals surface area contributed by atoms with Gasteiger partial charge in [-0.25, -0.2) is 4.68 Å². The molecule has 0 radical (unpaired) electrons. The van der Waals surface area contributed by atoms with Crippen molar-refractivity contribution in [1.29, 1.82) is 0 Å². The number of nitrogens with two attached hydrogens (primary N) is 2. The van der Waals surface area contributed by atoms with Crippen LogP contribution in [0.3, 0.4) is 0 Å². The van der Waals surface area contributed by atoms with Gasteiger partial charge in [-0.1, -0.05) is 0 Å². The standard InChI is InChI=1S/C9H11N5O3/c10-5(15)1-2-14-8(11)7-4(13-14)3-6(16)12-9(7)17/h1-3,11H2,(H2,10,15)(H,12,16,17). The summed E-state index contributed by atoms with van der Waals surface area (Å²) >= 11 is 0. The van der Waals surface area contributed by atoms with Gasteiger partial charge in [0.2, 0.25) is 11.8 Å². The lowest BCUT2D eigenvalue weighted by atomic mass is 10.1. The summed E-state index contributed by atoms with van der Waals surface area (Å²) in [4.78, 5) is 33.3. The first-order chi connectivity index (χ1) is 7.99. The molecule has 0 spiro atoms. The van der Waals surface area contributed by atoms with Gasteiger partial charge in [-0.3, -0.25) is 19.7 Å². The number of imide groups is 1. The molecule has 8 nitrogen and oxygen atoms in total. The van der Waals surface area contributed by atoms with Crippen LogP contribution >= 0.6 is 0 Å². The summed E-state index contributed by atoms with van der Waals surface area (Å²) in [5, 5.41) is 6.18. The van der Waals surface area contributed by atoms with Gasteiger partial charge in [-0.15, -0.1) is 0 Å². The van der Waals surface area contributed by atoms with Crippen LogP contribution in [0.25, 0.3) is 0 Å². The Morgan fingerprint density at radius 3 is 2.82 bits per heavy atom. The van der Waals surface area contributed by atoms with Gasteiger partial charge < -0.3 is 11.5 Å². The Morgan fingerprint density at radius 1 is 1.47 bits per heavy atom. The van der Waals surface area contributed by atoms with E-state index in [1.807, 2.05) is 0 Å². The molecule has 1 aromatic heterocycles. The average molecular weight is 237 g/mol. The number of anilines is 1. The Hall–Kier alpha value is -2.38. The monoisotopic (exact) mass is 237 g/mol. The molecule has 5 N–H and O–H groups in total. The highest BCUT2D eigenvalue weighted by atomic mass is 16.2. The van der Waals surface area contributed by atoms with Crippen molar-refractivity contribution in [2.45, 2.75) is 19.4 Å². The number of aryl methyl sites for hydroxylation is 1. The summed E-state index contributed by atoms with van der Waals surface area (Å²) in [6.45, 7) is 0.190. The molecule has 1 aliphatic rings. The number of primary amides is 1. The van der Waals surface area contributed by atoms with Gasteiger partial charge in [0.05, 0.1) is 18.7 Å². The molecule has 8 heteroatoms. The summed E-state index contributed by atoms with van der Waals surface area (Å²) in [5.74, 6) is -1.31. The lowest BCUT2D eigenvalue weighted by molar-refractivity contribution is -0.120. The van der Waals surface area contributed by atoms with Crippen LogP contribution in [0.1, 0.15) is 22.5 Å². The number of rotatable bonds is 3. The number of nitrogen functional groups attached to an aromatic ring is 1. The third-order valence-corrected chi connectivity index (χ3v) is 2.44. The highest BCUT2D eigenvalue weighted by Gasteiger charge is 2.29. The van der Waals surface area contributed by atoms with E-state index in [-0.39, 0.29) is 30.8 Å². The summed E-state index contributed by atoms with van der Waals surface area (Å²) in [5.41, 5.74) is 11.3. The average Bonchev–Trinajstić information content (AvgIpc) is 2.52. The molecule has 0 bridgehead atoms. The van der Waals surface area contributed by atoms with Gasteiger partial charge >= 0.3 is 0 Å². The topological polar surface area (TPSA) is 133 Å². The largest absolute Gasteiger partial charge is 0.383 e. The minimum absolute atomic E-state index is 0.00877. The molecule has 0 saturated carbocycles. The maximum absolute atomic E-state index is 11.5. The van der Waals surface area contributed by atoms with Crippen LogP contribution in [-0.2, 0) is 22.6 Å². The maximum atomic E-state index is 11.5. The zero-order chi connectivity index (χ0) is 12.6. The fourth-order valence-electron chi connectivity index (χ4n) is 1.67. The van der Waals surface area contributed by atoms with Crippen molar-refractivity contribution in [2.75, 3.05) is 5.73 Å². The minimum Gasteiger partial charge on any atom is -0.383 e. The molecule has 0 fully saturated rings. The third kappa shape index (κ3) is 1.96. The van der Waals surface area contributed by atoms with E-state index in [1.165, 1.54) is 4.68 Å². The SMILES string of the molecule is NC(=O)CCn1nc2c(c1N)C(=O)NC(=O)C2. The minimum atomic E-state index is -0.556. The predicted molar refractivity (Wildman–Crippen MR) is 56.6 cm³/mol. The number of aromatic nitrogens is 2. The van der Waals surface area contributed by atoms with Crippen LogP contribution in [0.15, 0.2) is 0 Å². The maximum Gasteiger partial charge on any atom is 0.263 e. The summed E-state index contributed by atoms with van der Waals surface area (Å²) in [6.07, 6.45) is 0.0785. The van der Waals surface area contributed by atoms with Crippen LogP contribution in [0, 0.1) is 0 Å². The third-order valence-electron chi connectivity index (χ3n) is 2.44. The van der Waals surface area contributed by atoms with Crippen molar-refractivity contribution >= 4 is 23.5 Å². The molecule has 3 amide bonds. The molecule has 1 aliphatic heterocycles. The Kier molecular flexibility index (Phi) is 2.54. The number of carbonyl (C=O) groups is 3. The molecular weight excluding hydrogens is 226 g/mol. The second-order valence-electron chi connectivity index (χ2n) is 3.70. The molecule has 0 unspecified atom stereocenters. The molecule has 2 rings (SSSR count). The van der Waals surface area contributed by atoms with E-state index in [0.717, 1.165) is 0 Å². The van der Waals surface area contributed by atoms with Gasteiger partial charge in [-0.05, 0) is 0 Å². The lowest BCUT2D eigenvalue weighted by Crippen LogP contribution is -2.37. The molecule has 0 aliphatic carbocycles. The molecule has 17 heavy (non-hydrogen) atoms. The van der Waals surface area contributed by atoms with E-state index in [4.69, 9.17) is 11.5 Å². The number of amides is 3. The second-order valence-corrected chi connectivity index (χ2v) is 3.70. The van der Waals surface area contributed by atoms with Crippen LogP contribution in [0.4, 0.5) is 5.82 Å². The number of nitrogens with zero attached hydrogens (tertiary/aromatic N) is 2. The van der Waals surface area contributed by atoms with E-state index in [2.05, 4.69) is 10.4 Å². The van der Waals surface area contributed by atoms with Gasteiger partial charge in [0.25, 0.3) is 5.91 Å². The summed E-state index contributed by atoms with van der Waals surface area (Å²) in [6, 6.07) is 0. The van der Waals surface area contributed by atoms with Gasteiger partial charge in [-0.2, -0.15) is 5.10 Å². The smallest absolute Gasteiger partial charge is 0.263 e. The first-order valence-electron chi connectivity index (χ1n) is 4.96. The van der Waals surface area contributed by atoms with Gasteiger partial charge in [0, 0.05) is 6.42 Å². The lowest BCUT2D eigenvalue weighted by Gasteiger charge is -2.09. The van der Waals surface area contributed by atoms with Crippen LogP contribution < -0.4 is 16.8 Å². The second kappa shape index (κ2) is 3.89. The van der Waals surface area contributed by atoms with Crippen molar-refractivity contribution in [1.82, 2.24) is 15.1 Å². The molecule has 90 valence electrons. The zero-order valence-corrected chi connectivity index (χ0v) is 8.90. The van der Waals surface area contributed by atoms with E-state index in [0.29, 0.717) is 5.69 Å². The number of hydrogen-bond acceptors (Lipinski definition) is 5. The van der Waals surface area contributed by atoms with Crippen LogP contribution in [0.2, 0.25) is 0 Å². The molecule has 0 saturated heterocycles. The summed E-state index contributed by atoms with van der Waals surface area (Å²) < 4.78 is 1.31. The highest BCUT2D eigenvalue weighted by molar-refractivity contribution is 6.11. The number of carbonyl (C=O) groups excluding carboxylic acids is 3. The Labute approximate surface area is 95.9 Å². The number of fused-ring (bicyclic) bond motifs is 1. The zero-order valence-electron chi connectivity index (χ0n) is 8.90. The van der Waals surface area contributed by atoms with E-state index in [1.54, 1.807) is 0 Å². The fourth-order valence-corrected chi connectivity index (χ4v) is 1.67. The Bertz CT molecular complexity index is 519. The van der Waals surface area contributed by atoms with Gasteiger partial charge in [0.1, 0.15) is 11.4 Å². The van der Waals surface area contributed by atoms with Crippen molar-refractivity contribution in [3.8, 4) is 0 Å². The van der Waals surface area contributed by atoms with Crippen LogP contribution in [-0.4, -0.2) is 27.5 Å². The van der Waals surface area contributed by atoms with Crippen molar-refractivity contribution in [3.63, 3.8) is 0 Å². The fraction of sp³-hybridized carbons (Fsp3) is 0.333. The van der Waals surface area contributed by atoms with Crippen LogP contribution in [0.5, 0.6) is 0 Å². The normalized spacial score (nSPS) is 14.4. The predicted octanol–water partition coefficient (Wildman–Crippen LogP) is -1.85. The van der Waals surface area contributed by atoms with E-state index >= 15 is 0 Å². The van der Waals surface area contributed by atoms with Gasteiger partial charge in [0.15, 0.2) is 0 Å².